The van der Waals surface area contributed by atoms with Crippen molar-refractivity contribution in [2.45, 2.75) is 46.5 Å². The fourth-order valence-corrected chi connectivity index (χ4v) is 4.44. The zero-order chi connectivity index (χ0) is 20.4. The maximum Gasteiger partial charge on any atom is 0.128 e. The number of likely N-dealkylation sites (N-methyl/N-ethyl adjacent to an activating group) is 1. The number of aryl methyl sites for hydroxylation is 3. The lowest BCUT2D eigenvalue weighted by atomic mass is 9.92. The standard InChI is InChI=1S/C25H30FN3/c1-4-29(24-12-8-5-9-17(24)2)14-13-27-25-19-10-6-7-11-22(19)28-23-16-21(26)18(3)15-20(23)25/h5,8-9,12,15-16H,4,6-7,10-11,13-14H2,1-3H3,(H,27,28). The average molecular weight is 392 g/mol. The number of nitrogens with one attached hydrogen (secondary N) is 1. The zero-order valence-corrected chi connectivity index (χ0v) is 17.7. The van der Waals surface area contributed by atoms with Crippen molar-refractivity contribution >= 4 is 22.3 Å². The van der Waals surface area contributed by atoms with E-state index in [0.29, 0.717) is 5.56 Å². The van der Waals surface area contributed by atoms with Crippen LogP contribution in [0.5, 0.6) is 0 Å². The normalized spacial score (nSPS) is 13.4. The summed E-state index contributed by atoms with van der Waals surface area (Å²) in [6.07, 6.45) is 4.39. The highest BCUT2D eigenvalue weighted by Crippen LogP contribution is 2.34. The van der Waals surface area contributed by atoms with Gasteiger partial charge in [-0.2, -0.15) is 0 Å². The van der Waals surface area contributed by atoms with Gasteiger partial charge in [0.15, 0.2) is 0 Å². The van der Waals surface area contributed by atoms with E-state index in [-0.39, 0.29) is 5.82 Å². The Balaban J connectivity index is 1.63. The minimum Gasteiger partial charge on any atom is -0.382 e. The lowest BCUT2D eigenvalue weighted by Crippen LogP contribution is -2.29. The number of aromatic nitrogens is 1. The lowest BCUT2D eigenvalue weighted by Gasteiger charge is -2.27. The molecular formula is C25H30FN3. The Kier molecular flexibility index (Phi) is 5.70. The molecule has 0 radical (unpaired) electrons. The van der Waals surface area contributed by atoms with Crippen LogP contribution < -0.4 is 10.2 Å². The molecule has 0 amide bonds. The van der Waals surface area contributed by atoms with E-state index in [4.69, 9.17) is 4.98 Å². The van der Waals surface area contributed by atoms with E-state index in [1.807, 2.05) is 13.0 Å². The van der Waals surface area contributed by atoms with Crippen molar-refractivity contribution in [3.8, 4) is 0 Å². The summed E-state index contributed by atoms with van der Waals surface area (Å²) in [5.41, 5.74) is 7.65. The van der Waals surface area contributed by atoms with Crippen LogP contribution in [0.4, 0.5) is 15.8 Å². The van der Waals surface area contributed by atoms with Gasteiger partial charge >= 0.3 is 0 Å². The highest BCUT2D eigenvalue weighted by atomic mass is 19.1. The molecule has 0 fully saturated rings. The summed E-state index contributed by atoms with van der Waals surface area (Å²) in [5.74, 6) is -0.177. The Morgan fingerprint density at radius 2 is 1.86 bits per heavy atom. The predicted molar refractivity (Wildman–Crippen MR) is 121 cm³/mol. The molecule has 0 saturated heterocycles. The largest absolute Gasteiger partial charge is 0.382 e. The van der Waals surface area contributed by atoms with E-state index >= 15 is 0 Å². The molecule has 0 saturated carbocycles. The molecule has 1 aliphatic rings. The first-order valence-corrected chi connectivity index (χ1v) is 10.7. The Morgan fingerprint density at radius 3 is 2.66 bits per heavy atom. The maximum absolute atomic E-state index is 14.2. The van der Waals surface area contributed by atoms with Crippen molar-refractivity contribution in [1.82, 2.24) is 4.98 Å². The van der Waals surface area contributed by atoms with Gasteiger partial charge in [0.05, 0.1) is 5.52 Å². The number of nitrogens with zero attached hydrogens (tertiary/aromatic N) is 2. The fraction of sp³-hybridized carbons (Fsp3) is 0.400. The van der Waals surface area contributed by atoms with Gasteiger partial charge in [0, 0.05) is 48.2 Å². The van der Waals surface area contributed by atoms with Crippen molar-refractivity contribution in [3.05, 3.63) is 64.6 Å². The minimum absolute atomic E-state index is 0.177. The second-order valence-electron chi connectivity index (χ2n) is 8.03. The summed E-state index contributed by atoms with van der Waals surface area (Å²) in [6, 6.07) is 12.1. The summed E-state index contributed by atoms with van der Waals surface area (Å²) in [6.45, 7) is 8.91. The highest BCUT2D eigenvalue weighted by Gasteiger charge is 2.19. The van der Waals surface area contributed by atoms with E-state index in [9.17, 15) is 4.39 Å². The molecule has 3 nitrogen and oxygen atoms in total. The summed E-state index contributed by atoms with van der Waals surface area (Å²) in [5, 5.41) is 4.76. The molecule has 4 rings (SSSR count). The van der Waals surface area contributed by atoms with Gasteiger partial charge in [0.25, 0.3) is 0 Å². The van der Waals surface area contributed by atoms with E-state index in [2.05, 4.69) is 48.3 Å². The first-order chi connectivity index (χ1) is 14.1. The van der Waals surface area contributed by atoms with Gasteiger partial charge in [0.2, 0.25) is 0 Å². The van der Waals surface area contributed by atoms with Gasteiger partial charge in [0.1, 0.15) is 5.82 Å². The van der Waals surface area contributed by atoms with Crippen LogP contribution in [0.25, 0.3) is 10.9 Å². The molecule has 0 spiro atoms. The Morgan fingerprint density at radius 1 is 1.07 bits per heavy atom. The quantitative estimate of drug-likeness (QED) is 0.575. The van der Waals surface area contributed by atoms with Crippen LogP contribution in [0.3, 0.4) is 0 Å². The molecule has 1 aromatic heterocycles. The molecule has 1 heterocycles. The van der Waals surface area contributed by atoms with Gasteiger partial charge < -0.3 is 10.2 Å². The van der Waals surface area contributed by atoms with E-state index < -0.39 is 0 Å². The van der Waals surface area contributed by atoms with Crippen LogP contribution in [-0.2, 0) is 12.8 Å². The number of benzene rings is 2. The fourth-order valence-electron chi connectivity index (χ4n) is 4.44. The van der Waals surface area contributed by atoms with Crippen LogP contribution in [0.1, 0.15) is 42.1 Å². The Bertz CT molecular complexity index is 1030. The van der Waals surface area contributed by atoms with Gasteiger partial charge in [-0.3, -0.25) is 4.98 Å². The van der Waals surface area contributed by atoms with E-state index in [1.54, 1.807) is 6.07 Å². The van der Waals surface area contributed by atoms with Gasteiger partial charge in [-0.05, 0) is 75.3 Å². The summed E-state index contributed by atoms with van der Waals surface area (Å²) in [7, 11) is 0. The van der Waals surface area contributed by atoms with Crippen LogP contribution in [-0.4, -0.2) is 24.6 Å². The first kappa shape index (κ1) is 19.7. The second-order valence-corrected chi connectivity index (χ2v) is 8.03. The number of hydrogen-bond donors (Lipinski definition) is 1. The van der Waals surface area contributed by atoms with Crippen molar-refractivity contribution < 1.29 is 4.39 Å². The minimum atomic E-state index is -0.177. The summed E-state index contributed by atoms with van der Waals surface area (Å²) >= 11 is 0. The van der Waals surface area contributed by atoms with Crippen LogP contribution in [0.2, 0.25) is 0 Å². The van der Waals surface area contributed by atoms with E-state index in [1.165, 1.54) is 23.2 Å². The molecule has 0 bridgehead atoms. The van der Waals surface area contributed by atoms with Gasteiger partial charge in [-0.25, -0.2) is 4.39 Å². The number of rotatable bonds is 6. The molecule has 0 unspecified atom stereocenters. The SMILES string of the molecule is CCN(CCNc1c2c(nc3cc(F)c(C)cc13)CCCC2)c1ccccc1C. The number of anilines is 2. The van der Waals surface area contributed by atoms with Crippen LogP contribution in [0, 0.1) is 19.7 Å². The molecule has 2 aromatic carbocycles. The average Bonchev–Trinajstić information content (AvgIpc) is 2.72. The zero-order valence-electron chi connectivity index (χ0n) is 17.7. The number of hydrogen-bond acceptors (Lipinski definition) is 3. The van der Waals surface area contributed by atoms with Crippen molar-refractivity contribution in [1.29, 1.82) is 0 Å². The first-order valence-electron chi connectivity index (χ1n) is 10.7. The molecule has 4 heteroatoms. The summed E-state index contributed by atoms with van der Waals surface area (Å²) in [4.78, 5) is 7.21. The number of fused-ring (bicyclic) bond motifs is 2. The van der Waals surface area contributed by atoms with E-state index in [0.717, 1.165) is 61.2 Å². The van der Waals surface area contributed by atoms with Crippen LogP contribution >= 0.6 is 0 Å². The highest BCUT2D eigenvalue weighted by molar-refractivity contribution is 5.94. The van der Waals surface area contributed by atoms with Gasteiger partial charge in [-0.15, -0.1) is 0 Å². The second kappa shape index (κ2) is 8.40. The van der Waals surface area contributed by atoms with Crippen LogP contribution in [0.15, 0.2) is 36.4 Å². The molecular weight excluding hydrogens is 361 g/mol. The predicted octanol–water partition coefficient (Wildman–Crippen LogP) is 5.81. The summed E-state index contributed by atoms with van der Waals surface area (Å²) < 4.78 is 14.2. The molecule has 152 valence electrons. The molecule has 0 atom stereocenters. The molecule has 3 aromatic rings. The third-order valence-corrected chi connectivity index (χ3v) is 6.06. The molecule has 0 aliphatic heterocycles. The smallest absolute Gasteiger partial charge is 0.128 e. The number of para-hydroxylation sites is 1. The maximum atomic E-state index is 14.2. The number of pyridine rings is 1. The molecule has 1 aliphatic carbocycles. The number of halogens is 1. The third-order valence-electron chi connectivity index (χ3n) is 6.06. The monoisotopic (exact) mass is 391 g/mol. The lowest BCUT2D eigenvalue weighted by molar-refractivity contribution is 0.619. The topological polar surface area (TPSA) is 28.2 Å². The Labute approximate surface area is 173 Å². The van der Waals surface area contributed by atoms with Gasteiger partial charge in [-0.1, -0.05) is 18.2 Å². The third kappa shape index (κ3) is 3.93. The Hall–Kier alpha value is -2.62. The van der Waals surface area contributed by atoms with Crippen molar-refractivity contribution in [3.63, 3.8) is 0 Å². The van der Waals surface area contributed by atoms with Crippen molar-refractivity contribution in [2.75, 3.05) is 29.9 Å². The molecule has 1 N–H and O–H groups in total. The van der Waals surface area contributed by atoms with Crippen molar-refractivity contribution in [2.24, 2.45) is 0 Å². The molecule has 29 heavy (non-hydrogen) atoms.